The van der Waals surface area contributed by atoms with Crippen molar-refractivity contribution >= 4 is 54.3 Å². The summed E-state index contributed by atoms with van der Waals surface area (Å²) in [6, 6.07) is 10.1. The highest BCUT2D eigenvalue weighted by molar-refractivity contribution is 6.23. The van der Waals surface area contributed by atoms with Crippen LogP contribution in [0.2, 0.25) is 0 Å². The molecular formula is C42H26O. The molecule has 43 heavy (non-hydrogen) atoms. The smallest absolute Gasteiger partial charge is 0.136 e. The molecule has 1 heterocycles. The monoisotopic (exact) mass is 561 g/mol. The molecule has 0 unspecified atom stereocenters. The topological polar surface area (TPSA) is 13.1 Å². The van der Waals surface area contributed by atoms with Gasteiger partial charge in [0.1, 0.15) is 11.2 Å². The summed E-state index contributed by atoms with van der Waals surface area (Å²) in [6.07, 6.45) is 0. The lowest BCUT2D eigenvalue weighted by molar-refractivity contribution is 0.669. The van der Waals surface area contributed by atoms with Crippen LogP contribution in [0.3, 0.4) is 0 Å². The zero-order valence-electron chi connectivity index (χ0n) is 37.3. The largest absolute Gasteiger partial charge is 0.456 e. The zero-order valence-corrected chi connectivity index (χ0v) is 22.3. The Labute approximate surface area is 270 Å². The third-order valence-electron chi connectivity index (χ3n) is 7.82. The molecule has 0 saturated heterocycles. The molecule has 0 aliphatic rings. The summed E-state index contributed by atoms with van der Waals surface area (Å²) in [5, 5.41) is -0.000717. The van der Waals surface area contributed by atoms with Crippen LogP contribution in [0.4, 0.5) is 0 Å². The lowest BCUT2D eigenvalue weighted by atomic mass is 9.84. The minimum atomic E-state index is -0.754. The Morgan fingerprint density at radius 3 is 1.72 bits per heavy atom. The number of hydrogen-bond donors (Lipinski definition) is 0. The average molecular weight is 562 g/mol. The van der Waals surface area contributed by atoms with E-state index in [1.165, 1.54) is 0 Å². The highest BCUT2D eigenvalue weighted by atomic mass is 16.3. The van der Waals surface area contributed by atoms with Gasteiger partial charge >= 0.3 is 0 Å². The van der Waals surface area contributed by atoms with E-state index >= 15 is 0 Å². The van der Waals surface area contributed by atoms with Crippen molar-refractivity contribution in [2.24, 2.45) is 0 Å². The quantitative estimate of drug-likeness (QED) is 0.196. The van der Waals surface area contributed by atoms with Crippen molar-refractivity contribution in [3.63, 3.8) is 0 Å². The van der Waals surface area contributed by atoms with Crippen LogP contribution in [0.5, 0.6) is 0 Å². The predicted octanol–water partition coefficient (Wildman–Crippen LogP) is 12.0. The van der Waals surface area contributed by atoms with Crippen LogP contribution in [-0.2, 0) is 0 Å². The molecule has 9 aromatic rings. The summed E-state index contributed by atoms with van der Waals surface area (Å²) >= 11 is 0. The Balaban J connectivity index is 1.49. The number of rotatable bonds is 3. The maximum atomic E-state index is 9.30. The summed E-state index contributed by atoms with van der Waals surface area (Å²) in [5.74, 6) is 0. The van der Waals surface area contributed by atoms with Crippen LogP contribution in [0.15, 0.2) is 162 Å². The molecule has 9 rings (SSSR count). The Morgan fingerprint density at radius 2 is 0.977 bits per heavy atom. The molecule has 0 atom stereocenters. The van der Waals surface area contributed by atoms with Crippen molar-refractivity contribution < 1.29 is 25.0 Å². The molecule has 0 amide bonds. The molecule has 1 nitrogen and oxygen atoms in total. The summed E-state index contributed by atoms with van der Waals surface area (Å²) < 4.78 is 140. The van der Waals surface area contributed by atoms with E-state index < -0.39 is 107 Å². The third kappa shape index (κ3) is 3.65. The first kappa shape index (κ1) is 13.5. The van der Waals surface area contributed by atoms with Crippen molar-refractivity contribution in [1.82, 2.24) is 0 Å². The number of fused-ring (bicyclic) bond motifs is 6. The zero-order chi connectivity index (χ0) is 41.4. The normalized spacial score (nSPS) is 16.6. The van der Waals surface area contributed by atoms with Crippen molar-refractivity contribution in [1.29, 1.82) is 0 Å². The van der Waals surface area contributed by atoms with Crippen molar-refractivity contribution in [2.45, 2.75) is 0 Å². The molecule has 0 saturated carbocycles. The van der Waals surface area contributed by atoms with E-state index in [4.69, 9.17) is 18.1 Å². The van der Waals surface area contributed by atoms with E-state index in [-0.39, 0.29) is 32.7 Å². The first-order chi connectivity index (χ1) is 27.6. The van der Waals surface area contributed by atoms with Gasteiger partial charge in [-0.15, -0.1) is 0 Å². The molecule has 0 fully saturated rings. The predicted molar refractivity (Wildman–Crippen MR) is 183 cm³/mol. The lowest BCUT2D eigenvalue weighted by Gasteiger charge is -2.19. The summed E-state index contributed by atoms with van der Waals surface area (Å²) in [7, 11) is 0. The van der Waals surface area contributed by atoms with Gasteiger partial charge < -0.3 is 4.42 Å². The van der Waals surface area contributed by atoms with E-state index in [0.717, 1.165) is 21.9 Å². The maximum Gasteiger partial charge on any atom is 0.136 e. The fourth-order valence-electron chi connectivity index (χ4n) is 6.00. The van der Waals surface area contributed by atoms with E-state index in [1.54, 1.807) is 24.3 Å². The molecule has 0 aliphatic carbocycles. The Kier molecular flexibility index (Phi) is 2.97. The van der Waals surface area contributed by atoms with Gasteiger partial charge in [-0.2, -0.15) is 0 Å². The van der Waals surface area contributed by atoms with Gasteiger partial charge in [0.2, 0.25) is 0 Å². The summed E-state index contributed by atoms with van der Waals surface area (Å²) in [6.45, 7) is 0. The highest BCUT2D eigenvalue weighted by Crippen LogP contribution is 2.45. The van der Waals surface area contributed by atoms with Gasteiger partial charge in [0.15, 0.2) is 0 Å². The standard InChI is InChI=1S/C42H26O/c1-2-13-30-27(11-1)12-9-20-32(30)41-35-16-5-3-14-33(35)40(34-15-4-6-17-36(34)41)29-25-23-28(24-26-29)31-19-10-22-39-42(31)37-18-7-8-21-38(37)43-39/h1-26H/i1D,2D,3D,4D,5D,6D,9D,11D,12D,13D,14D,15D,16D,17D,20D. The lowest BCUT2D eigenvalue weighted by Crippen LogP contribution is -1.91. The average Bonchev–Trinajstić information content (AvgIpc) is 3.62. The van der Waals surface area contributed by atoms with Gasteiger partial charge in [-0.3, -0.25) is 0 Å². The van der Waals surface area contributed by atoms with Gasteiger partial charge in [0, 0.05) is 10.8 Å². The number of furan rings is 1. The van der Waals surface area contributed by atoms with Gasteiger partial charge in [0.25, 0.3) is 0 Å². The van der Waals surface area contributed by atoms with E-state index in [9.17, 15) is 6.85 Å². The third-order valence-corrected chi connectivity index (χ3v) is 7.82. The summed E-state index contributed by atoms with van der Waals surface area (Å²) in [4.78, 5) is 0. The SMILES string of the molecule is [2H]c1c([2H])c([2H])c2c(-c3c4c([2H])c([2H])c([2H])c([2H])c4c(-c4ccc(-c5cccc6oc7ccccc7c56)cc4)c4c([2H])c([2H])c([2H])c([2H])c34)c([2H])c([2H])c([2H])c2c1[2H]. The van der Waals surface area contributed by atoms with Gasteiger partial charge in [-0.25, -0.2) is 0 Å². The minimum absolute atomic E-state index is 0.0345. The van der Waals surface area contributed by atoms with E-state index in [1.807, 2.05) is 42.5 Å². The minimum Gasteiger partial charge on any atom is -0.456 e. The maximum absolute atomic E-state index is 9.30. The fraction of sp³-hybridized carbons (Fsp3) is 0. The van der Waals surface area contributed by atoms with Crippen LogP contribution in [0, 0.1) is 0 Å². The van der Waals surface area contributed by atoms with Crippen molar-refractivity contribution in [3.05, 3.63) is 157 Å². The molecule has 1 heteroatoms. The molecule has 0 bridgehead atoms. The second-order valence-corrected chi connectivity index (χ2v) is 10.1. The van der Waals surface area contributed by atoms with E-state index in [2.05, 4.69) is 0 Å². The first-order valence-corrected chi connectivity index (χ1v) is 13.6. The molecule has 0 radical (unpaired) electrons. The molecule has 1 aromatic heterocycles. The second-order valence-electron chi connectivity index (χ2n) is 10.1. The van der Waals surface area contributed by atoms with Crippen LogP contribution in [0.25, 0.3) is 87.6 Å². The van der Waals surface area contributed by atoms with Crippen LogP contribution in [-0.4, -0.2) is 0 Å². The molecule has 0 spiro atoms. The highest BCUT2D eigenvalue weighted by Gasteiger charge is 2.18. The van der Waals surface area contributed by atoms with E-state index in [0.29, 0.717) is 16.7 Å². The van der Waals surface area contributed by atoms with Gasteiger partial charge in [0.05, 0.1) is 20.6 Å². The van der Waals surface area contributed by atoms with Crippen LogP contribution >= 0.6 is 0 Å². The molecule has 200 valence electrons. The molecule has 8 aromatic carbocycles. The molecule has 0 aliphatic heterocycles. The van der Waals surface area contributed by atoms with Crippen molar-refractivity contribution in [2.75, 3.05) is 0 Å². The summed E-state index contributed by atoms with van der Waals surface area (Å²) in [5.41, 5.74) is 2.54. The van der Waals surface area contributed by atoms with Crippen molar-refractivity contribution in [3.8, 4) is 33.4 Å². The molecule has 0 N–H and O–H groups in total. The Bertz CT molecular complexity index is 3250. The van der Waals surface area contributed by atoms with Gasteiger partial charge in [-0.05, 0) is 77.8 Å². The van der Waals surface area contributed by atoms with Gasteiger partial charge in [-0.1, -0.05) is 145 Å². The Morgan fingerprint density at radius 1 is 0.395 bits per heavy atom. The fourth-order valence-corrected chi connectivity index (χ4v) is 6.00. The van der Waals surface area contributed by atoms with Crippen LogP contribution < -0.4 is 0 Å². The number of benzene rings is 8. The molecular weight excluding hydrogens is 520 g/mol. The number of hydrogen-bond acceptors (Lipinski definition) is 1. The first-order valence-electron chi connectivity index (χ1n) is 21.1. The van der Waals surface area contributed by atoms with Crippen LogP contribution in [0.1, 0.15) is 20.6 Å². The number of para-hydroxylation sites is 1. The second kappa shape index (κ2) is 9.44. The Hall–Kier alpha value is -5.66.